The van der Waals surface area contributed by atoms with Crippen LogP contribution in [-0.2, 0) is 16.2 Å². The molecule has 0 bridgehead atoms. The van der Waals surface area contributed by atoms with Crippen LogP contribution in [0.2, 0.25) is 25.5 Å². The molecule has 4 aliphatic heterocycles. The molecule has 6 aromatic carbocycles. The van der Waals surface area contributed by atoms with E-state index in [1.54, 1.807) is 16.2 Å². The number of rotatable bonds is 5. The van der Waals surface area contributed by atoms with Crippen LogP contribution in [0.25, 0.3) is 0 Å². The first kappa shape index (κ1) is 42.6. The van der Waals surface area contributed by atoms with Crippen LogP contribution in [0, 0.1) is 0 Å². The number of anilines is 4. The molecule has 0 N–H and O–H groups in total. The fraction of sp³-hybridized carbons (Fsp3) is 0.365. The molecule has 68 heavy (non-hydrogen) atoms. The van der Waals surface area contributed by atoms with Gasteiger partial charge in [0.05, 0.1) is 25.2 Å². The van der Waals surface area contributed by atoms with E-state index in [-0.39, 0.29) is 45.9 Å². The Kier molecular flexibility index (Phi) is 9.09. The Morgan fingerprint density at radius 3 is 1.78 bits per heavy atom. The first-order valence-electron chi connectivity index (χ1n) is 26.1. The molecule has 3 nitrogen and oxygen atoms in total. The summed E-state index contributed by atoms with van der Waals surface area (Å²) in [6.07, 6.45) is 15.1. The molecule has 6 aromatic rings. The van der Waals surface area contributed by atoms with E-state index in [0.717, 1.165) is 19.3 Å². The summed E-state index contributed by atoms with van der Waals surface area (Å²) in [5.41, 5.74) is 18.3. The molecule has 3 aliphatic carbocycles. The zero-order chi connectivity index (χ0) is 46.6. The van der Waals surface area contributed by atoms with Crippen molar-refractivity contribution in [1.82, 2.24) is 0 Å². The molecule has 0 saturated heterocycles. The summed E-state index contributed by atoms with van der Waals surface area (Å²) in [5.74, 6) is 0.208. The highest BCUT2D eigenvalue weighted by Gasteiger charge is 2.68. The van der Waals surface area contributed by atoms with Crippen molar-refractivity contribution in [3.8, 4) is 0 Å². The van der Waals surface area contributed by atoms with Crippen molar-refractivity contribution >= 4 is 53.6 Å². The van der Waals surface area contributed by atoms with Gasteiger partial charge in [-0.2, -0.15) is 0 Å². The van der Waals surface area contributed by atoms with Crippen molar-refractivity contribution in [2.75, 3.05) is 14.7 Å². The lowest BCUT2D eigenvalue weighted by molar-refractivity contribution is 0.208. The molecule has 2 fully saturated rings. The summed E-state index contributed by atoms with van der Waals surface area (Å²) in [6.45, 7) is 20.4. The third-order valence-electron chi connectivity index (χ3n) is 19.0. The third-order valence-corrected chi connectivity index (χ3v) is 21.0. The van der Waals surface area contributed by atoms with E-state index in [1.165, 1.54) is 94.0 Å². The van der Waals surface area contributed by atoms with Crippen molar-refractivity contribution in [3.05, 3.63) is 197 Å². The molecule has 0 radical (unpaired) electrons. The van der Waals surface area contributed by atoms with Gasteiger partial charge in [0.25, 0.3) is 0 Å². The SMILES string of the molecule is CC(C)(C)c1ccc2c(c1)C1(c3ccccc3)CCCCC1(C)N2C1=CC2C3B(c4ccccc4N2c2ccccc2)c2cc([Si](C)(C)C)cc4c2N(C3=C1)C1(C)CCCCC41c1ccccc1. The van der Waals surface area contributed by atoms with Gasteiger partial charge in [-0.15, -0.1) is 0 Å². The third kappa shape index (κ3) is 5.43. The van der Waals surface area contributed by atoms with E-state index >= 15 is 0 Å². The van der Waals surface area contributed by atoms with E-state index in [4.69, 9.17) is 0 Å². The lowest BCUT2D eigenvalue weighted by Gasteiger charge is -2.59. The van der Waals surface area contributed by atoms with Gasteiger partial charge in [0, 0.05) is 50.8 Å². The second-order valence-corrected chi connectivity index (χ2v) is 29.4. The zero-order valence-electron chi connectivity index (χ0n) is 41.7. The fourth-order valence-corrected chi connectivity index (χ4v) is 17.1. The van der Waals surface area contributed by atoms with Crippen LogP contribution in [0.15, 0.2) is 169 Å². The molecule has 5 heteroatoms. The van der Waals surface area contributed by atoms with E-state index < -0.39 is 8.07 Å². The summed E-state index contributed by atoms with van der Waals surface area (Å²) in [6, 6.07) is 57.7. The van der Waals surface area contributed by atoms with E-state index in [0.29, 0.717) is 0 Å². The second-order valence-electron chi connectivity index (χ2n) is 24.3. The number of fused-ring (bicyclic) bond motifs is 10. The van der Waals surface area contributed by atoms with Crippen molar-refractivity contribution in [3.63, 3.8) is 0 Å². The Morgan fingerprint density at radius 1 is 0.574 bits per heavy atom. The van der Waals surface area contributed by atoms with Gasteiger partial charge in [-0.1, -0.05) is 198 Å². The van der Waals surface area contributed by atoms with Crippen molar-refractivity contribution in [1.29, 1.82) is 0 Å². The summed E-state index contributed by atoms with van der Waals surface area (Å²) in [7, 11) is -1.78. The summed E-state index contributed by atoms with van der Waals surface area (Å²) < 4.78 is 0. The first-order valence-corrected chi connectivity index (χ1v) is 29.6. The molecule has 13 rings (SSSR count). The Labute approximate surface area is 408 Å². The van der Waals surface area contributed by atoms with Gasteiger partial charge < -0.3 is 14.7 Å². The fourth-order valence-electron chi connectivity index (χ4n) is 15.9. The highest BCUT2D eigenvalue weighted by molar-refractivity contribution is 6.92. The molecule has 4 heterocycles. The molecule has 6 unspecified atom stereocenters. The number of allylic oxidation sites excluding steroid dienone is 1. The Morgan fingerprint density at radius 2 is 1.15 bits per heavy atom. The van der Waals surface area contributed by atoms with Crippen LogP contribution in [0.5, 0.6) is 0 Å². The van der Waals surface area contributed by atoms with Gasteiger partial charge in [-0.25, -0.2) is 0 Å². The first-order chi connectivity index (χ1) is 32.7. The van der Waals surface area contributed by atoms with Crippen molar-refractivity contribution < 1.29 is 0 Å². The van der Waals surface area contributed by atoms with Crippen LogP contribution < -0.4 is 30.8 Å². The molecule has 342 valence electrons. The number of benzene rings is 6. The smallest absolute Gasteiger partial charge is 0.226 e. The van der Waals surface area contributed by atoms with E-state index in [9.17, 15) is 0 Å². The predicted octanol–water partition coefficient (Wildman–Crippen LogP) is 13.4. The predicted molar refractivity (Wildman–Crippen MR) is 291 cm³/mol. The minimum atomic E-state index is -1.78. The van der Waals surface area contributed by atoms with Crippen LogP contribution in [0.4, 0.5) is 22.7 Å². The minimum Gasteiger partial charge on any atom is -0.338 e. The standard InChI is InChI=1S/C63H68BN3Si/c1-59(2,3)45-32-33-53-49(38-45)62(43-24-12-9-13-25-43)36-22-20-34-60(62,4)66(53)47-39-55-57-56(40-47)67-58-50(63(44-26-14-10-15-27-44)37-23-21-35-61(63,67)5)41-48(68(6,7)8)42-52(58)64(57)51-30-18-19-31-54(51)65(55)46-28-16-11-17-29-46/h9-19,24-33,38-42,55,57H,20-23,34-37H2,1-8H3. The maximum atomic E-state index is 3.03. The largest absolute Gasteiger partial charge is 0.338 e. The highest BCUT2D eigenvalue weighted by Crippen LogP contribution is 2.68. The van der Waals surface area contributed by atoms with Crippen LogP contribution in [0.1, 0.15) is 114 Å². The van der Waals surface area contributed by atoms with E-state index in [1.807, 2.05) is 0 Å². The van der Waals surface area contributed by atoms with Gasteiger partial charge >= 0.3 is 0 Å². The van der Waals surface area contributed by atoms with E-state index in [2.05, 4.69) is 227 Å². The lowest BCUT2D eigenvalue weighted by Crippen LogP contribution is -2.67. The van der Waals surface area contributed by atoms with Crippen LogP contribution >= 0.6 is 0 Å². The molecule has 0 spiro atoms. The maximum Gasteiger partial charge on any atom is 0.226 e. The highest BCUT2D eigenvalue weighted by atomic mass is 28.3. The number of hydrogen-bond acceptors (Lipinski definition) is 3. The quantitative estimate of drug-likeness (QED) is 0.160. The van der Waals surface area contributed by atoms with Crippen LogP contribution in [-0.4, -0.2) is 31.9 Å². The second kappa shape index (κ2) is 14.5. The Hall–Kier alpha value is -5.52. The number of para-hydroxylation sites is 2. The molecule has 7 aliphatic rings. The lowest BCUT2D eigenvalue weighted by atomic mass is 9.28. The molecule has 0 amide bonds. The molecule has 6 atom stereocenters. The Bertz CT molecular complexity index is 3070. The topological polar surface area (TPSA) is 9.72 Å². The van der Waals surface area contributed by atoms with Gasteiger partial charge in [-0.05, 0) is 115 Å². The average Bonchev–Trinajstić information content (AvgIpc) is 3.73. The zero-order valence-corrected chi connectivity index (χ0v) is 42.7. The molecule has 2 saturated carbocycles. The minimum absolute atomic E-state index is 0.0321. The molecule has 0 aromatic heterocycles. The monoisotopic (exact) mass is 906 g/mol. The average molecular weight is 906 g/mol. The van der Waals surface area contributed by atoms with Crippen LogP contribution in [0.3, 0.4) is 0 Å². The van der Waals surface area contributed by atoms with Gasteiger partial charge in [0.15, 0.2) is 0 Å². The number of nitrogens with zero attached hydrogens (tertiary/aromatic N) is 3. The number of hydrogen-bond donors (Lipinski definition) is 0. The van der Waals surface area contributed by atoms with Gasteiger partial charge in [0.2, 0.25) is 6.71 Å². The summed E-state index contributed by atoms with van der Waals surface area (Å²) >= 11 is 0. The molecular weight excluding hydrogens is 838 g/mol. The van der Waals surface area contributed by atoms with Crippen molar-refractivity contribution in [2.45, 2.75) is 145 Å². The molecular formula is C63H68BN3Si. The normalized spacial score (nSPS) is 28.7. The maximum absolute atomic E-state index is 3.03. The van der Waals surface area contributed by atoms with Crippen molar-refractivity contribution in [2.24, 2.45) is 0 Å². The Balaban J connectivity index is 1.14. The summed E-state index contributed by atoms with van der Waals surface area (Å²) in [5, 5.41) is 1.60. The van der Waals surface area contributed by atoms with Gasteiger partial charge in [0.1, 0.15) is 0 Å². The van der Waals surface area contributed by atoms with Gasteiger partial charge in [-0.3, -0.25) is 0 Å². The summed E-state index contributed by atoms with van der Waals surface area (Å²) in [4.78, 5) is 8.70.